The van der Waals surface area contributed by atoms with Crippen molar-refractivity contribution in [2.24, 2.45) is 5.73 Å². The summed E-state index contributed by atoms with van der Waals surface area (Å²) in [5.41, 5.74) is 7.09. The molecule has 1 amide bonds. The summed E-state index contributed by atoms with van der Waals surface area (Å²) in [6.45, 7) is 5.98. The molecule has 0 saturated carbocycles. The van der Waals surface area contributed by atoms with E-state index in [-0.39, 0.29) is 11.3 Å². The van der Waals surface area contributed by atoms with Crippen molar-refractivity contribution >= 4 is 39.2 Å². The van der Waals surface area contributed by atoms with Crippen molar-refractivity contribution < 1.29 is 4.79 Å². The highest BCUT2D eigenvalue weighted by Gasteiger charge is 2.18. The number of thiophene rings is 1. The molecule has 7 heteroatoms. The lowest BCUT2D eigenvalue weighted by Gasteiger charge is -2.09. The summed E-state index contributed by atoms with van der Waals surface area (Å²) in [4.78, 5) is 30.4. The Kier molecular flexibility index (Phi) is 5.06. The van der Waals surface area contributed by atoms with Crippen LogP contribution in [-0.2, 0) is 11.3 Å². The van der Waals surface area contributed by atoms with Gasteiger partial charge < -0.3 is 5.73 Å². The van der Waals surface area contributed by atoms with Crippen molar-refractivity contribution in [3.63, 3.8) is 0 Å². The minimum atomic E-state index is -0.447. The normalized spacial score (nSPS) is 10.9. The van der Waals surface area contributed by atoms with Crippen LogP contribution in [0.15, 0.2) is 52.9 Å². The molecule has 2 N–H and O–H groups in total. The fourth-order valence-corrected chi connectivity index (χ4v) is 4.57. The van der Waals surface area contributed by atoms with Gasteiger partial charge in [0.2, 0.25) is 5.91 Å². The number of aromatic nitrogens is 2. The number of allylic oxidation sites excluding steroid dienone is 1. The first-order valence-corrected chi connectivity index (χ1v) is 9.44. The molecule has 3 aromatic rings. The Labute approximate surface area is 153 Å². The van der Waals surface area contributed by atoms with E-state index in [1.807, 2.05) is 37.3 Å². The molecule has 0 bridgehead atoms. The summed E-state index contributed by atoms with van der Waals surface area (Å²) in [5.74, 6) is -0.373. The molecule has 3 rings (SSSR count). The second kappa shape index (κ2) is 7.25. The molecule has 0 atom stereocenters. The third kappa shape index (κ3) is 3.38. The third-order valence-corrected chi connectivity index (χ3v) is 5.94. The number of fused-ring (bicyclic) bond motifs is 1. The van der Waals surface area contributed by atoms with Gasteiger partial charge in [-0.25, -0.2) is 4.98 Å². The second-order valence-corrected chi connectivity index (χ2v) is 7.40. The largest absolute Gasteiger partial charge is 0.369 e. The molecule has 0 aliphatic heterocycles. The second-order valence-electron chi connectivity index (χ2n) is 5.46. The SMILES string of the molecule is C=CCn1c(SCC(N)=O)nc2sc(-c3ccccc3)c(C)c2c1=O. The van der Waals surface area contributed by atoms with Crippen molar-refractivity contribution in [1.82, 2.24) is 9.55 Å². The lowest BCUT2D eigenvalue weighted by Crippen LogP contribution is -2.23. The minimum absolute atomic E-state index is 0.0744. The van der Waals surface area contributed by atoms with Gasteiger partial charge in [0, 0.05) is 11.4 Å². The van der Waals surface area contributed by atoms with Crippen LogP contribution in [0, 0.1) is 6.92 Å². The molecule has 0 spiro atoms. The van der Waals surface area contributed by atoms with E-state index in [4.69, 9.17) is 5.73 Å². The minimum Gasteiger partial charge on any atom is -0.369 e. The average molecular weight is 371 g/mol. The Morgan fingerprint density at radius 2 is 2.12 bits per heavy atom. The van der Waals surface area contributed by atoms with Crippen LogP contribution in [0.5, 0.6) is 0 Å². The van der Waals surface area contributed by atoms with E-state index in [1.165, 1.54) is 27.7 Å². The van der Waals surface area contributed by atoms with E-state index in [9.17, 15) is 9.59 Å². The fourth-order valence-electron chi connectivity index (χ4n) is 2.60. The smallest absolute Gasteiger partial charge is 0.263 e. The van der Waals surface area contributed by atoms with E-state index < -0.39 is 5.91 Å². The molecule has 0 unspecified atom stereocenters. The van der Waals surface area contributed by atoms with Crippen LogP contribution >= 0.6 is 23.1 Å². The van der Waals surface area contributed by atoms with Gasteiger partial charge in [0.05, 0.1) is 11.1 Å². The number of nitrogens with two attached hydrogens (primary N) is 1. The zero-order valence-electron chi connectivity index (χ0n) is 13.7. The highest BCUT2D eigenvalue weighted by atomic mass is 32.2. The Balaban J connectivity index is 2.22. The van der Waals surface area contributed by atoms with Crippen LogP contribution in [0.4, 0.5) is 0 Å². The molecular formula is C18H17N3O2S2. The van der Waals surface area contributed by atoms with E-state index in [0.29, 0.717) is 21.9 Å². The van der Waals surface area contributed by atoms with Gasteiger partial charge >= 0.3 is 0 Å². The Morgan fingerprint density at radius 3 is 2.76 bits per heavy atom. The lowest BCUT2D eigenvalue weighted by molar-refractivity contribution is -0.115. The molecule has 0 aliphatic carbocycles. The summed E-state index contributed by atoms with van der Waals surface area (Å²) in [7, 11) is 0. The predicted octanol–water partition coefficient (Wildman–Crippen LogP) is 3.20. The van der Waals surface area contributed by atoms with E-state index in [1.54, 1.807) is 6.08 Å². The third-order valence-electron chi connectivity index (χ3n) is 3.71. The monoisotopic (exact) mass is 371 g/mol. The fraction of sp³-hybridized carbons (Fsp3) is 0.167. The molecule has 2 aromatic heterocycles. The summed E-state index contributed by atoms with van der Waals surface area (Å²) in [5, 5.41) is 1.10. The van der Waals surface area contributed by atoms with Crippen LogP contribution in [0.2, 0.25) is 0 Å². The van der Waals surface area contributed by atoms with Gasteiger partial charge in [-0.2, -0.15) is 0 Å². The molecular weight excluding hydrogens is 354 g/mol. The van der Waals surface area contributed by atoms with Gasteiger partial charge in [0.15, 0.2) is 5.16 Å². The Bertz CT molecular complexity index is 1010. The van der Waals surface area contributed by atoms with Gasteiger partial charge in [-0.05, 0) is 18.1 Å². The molecule has 0 saturated heterocycles. The quantitative estimate of drug-likeness (QED) is 0.410. The number of rotatable bonds is 6. The first-order valence-electron chi connectivity index (χ1n) is 7.64. The average Bonchev–Trinajstić information content (AvgIpc) is 2.93. The van der Waals surface area contributed by atoms with Crippen LogP contribution < -0.4 is 11.3 Å². The topological polar surface area (TPSA) is 78.0 Å². The van der Waals surface area contributed by atoms with Crippen molar-refractivity contribution in [2.45, 2.75) is 18.6 Å². The summed E-state index contributed by atoms with van der Waals surface area (Å²) in [6, 6.07) is 9.93. The Morgan fingerprint density at radius 1 is 1.40 bits per heavy atom. The molecule has 25 heavy (non-hydrogen) atoms. The maximum Gasteiger partial charge on any atom is 0.263 e. The molecule has 5 nitrogen and oxygen atoms in total. The van der Waals surface area contributed by atoms with Crippen LogP contribution in [-0.4, -0.2) is 21.2 Å². The molecule has 128 valence electrons. The molecule has 0 aliphatic rings. The zero-order chi connectivity index (χ0) is 18.0. The number of primary amides is 1. The first-order chi connectivity index (χ1) is 12.0. The summed E-state index contributed by atoms with van der Waals surface area (Å²) >= 11 is 2.66. The van der Waals surface area contributed by atoms with Crippen LogP contribution in [0.1, 0.15) is 5.56 Å². The summed E-state index contributed by atoms with van der Waals surface area (Å²) < 4.78 is 1.54. The van der Waals surface area contributed by atoms with E-state index in [0.717, 1.165) is 16.0 Å². The van der Waals surface area contributed by atoms with Gasteiger partial charge in [-0.3, -0.25) is 14.2 Å². The maximum absolute atomic E-state index is 13.0. The number of thioether (sulfide) groups is 1. The highest BCUT2D eigenvalue weighted by molar-refractivity contribution is 7.99. The number of carbonyl (C=O) groups is 1. The number of aryl methyl sites for hydroxylation is 1. The number of hydrogen-bond acceptors (Lipinski definition) is 5. The van der Waals surface area contributed by atoms with Crippen LogP contribution in [0.25, 0.3) is 20.7 Å². The standard InChI is InChI=1S/C18H17N3O2S2/c1-3-9-21-17(23)14-11(2)15(12-7-5-4-6-8-12)25-16(14)20-18(21)24-10-13(19)22/h3-8H,1,9-10H2,2H3,(H2,19,22). The van der Waals surface area contributed by atoms with E-state index in [2.05, 4.69) is 11.6 Å². The first kappa shape index (κ1) is 17.4. The van der Waals surface area contributed by atoms with Crippen LogP contribution in [0.3, 0.4) is 0 Å². The Hall–Kier alpha value is -2.38. The predicted molar refractivity (Wildman–Crippen MR) is 104 cm³/mol. The van der Waals surface area contributed by atoms with Crippen molar-refractivity contribution in [3.8, 4) is 10.4 Å². The number of carbonyl (C=O) groups excluding carboxylic acids is 1. The number of nitrogens with zero attached hydrogens (tertiary/aromatic N) is 2. The number of hydrogen-bond donors (Lipinski definition) is 1. The number of amides is 1. The van der Waals surface area contributed by atoms with E-state index >= 15 is 0 Å². The lowest BCUT2D eigenvalue weighted by atomic mass is 10.1. The van der Waals surface area contributed by atoms with Gasteiger partial charge in [0.25, 0.3) is 5.56 Å². The summed E-state index contributed by atoms with van der Waals surface area (Å²) in [6.07, 6.45) is 1.64. The molecule has 0 fully saturated rings. The maximum atomic E-state index is 13.0. The van der Waals surface area contributed by atoms with Crippen molar-refractivity contribution in [2.75, 3.05) is 5.75 Å². The van der Waals surface area contributed by atoms with Gasteiger partial charge in [0.1, 0.15) is 4.83 Å². The van der Waals surface area contributed by atoms with Crippen molar-refractivity contribution in [3.05, 3.63) is 58.9 Å². The molecule has 1 aromatic carbocycles. The number of benzene rings is 1. The highest BCUT2D eigenvalue weighted by Crippen LogP contribution is 2.36. The van der Waals surface area contributed by atoms with Gasteiger partial charge in [-0.1, -0.05) is 48.2 Å². The van der Waals surface area contributed by atoms with Gasteiger partial charge in [-0.15, -0.1) is 17.9 Å². The molecule has 0 radical (unpaired) electrons. The van der Waals surface area contributed by atoms with Crippen molar-refractivity contribution in [1.29, 1.82) is 0 Å². The zero-order valence-corrected chi connectivity index (χ0v) is 15.3. The molecule has 2 heterocycles.